The molecule has 0 radical (unpaired) electrons. The largest absolute Gasteiger partial charge is 0.299 e. The monoisotopic (exact) mass is 252 g/mol. The van der Waals surface area contributed by atoms with Gasteiger partial charge in [-0.05, 0) is 6.92 Å². The lowest BCUT2D eigenvalue weighted by Crippen LogP contribution is -2.64. The fraction of sp³-hybridized carbons (Fsp3) is 1.00. The Balaban J connectivity index is 5.07. The number of quaternary nitrogens is 2. The third kappa shape index (κ3) is 3.37. The van der Waals surface area contributed by atoms with E-state index < -0.39 is 5.14 Å². The van der Waals surface area contributed by atoms with Crippen LogP contribution in [0.2, 0.25) is 0 Å². The first-order chi connectivity index (χ1) is 7.76. The first-order valence-electron chi connectivity index (χ1n) is 5.88. The van der Waals surface area contributed by atoms with Gasteiger partial charge in [0.2, 0.25) is 0 Å². The summed E-state index contributed by atoms with van der Waals surface area (Å²) in [4.78, 5) is 21.2. The maximum Gasteiger partial charge on any atom is 0.299 e. The van der Waals surface area contributed by atoms with Crippen LogP contribution in [0.1, 0.15) is 33.6 Å². The van der Waals surface area contributed by atoms with Crippen LogP contribution in [0.25, 0.3) is 0 Å². The summed E-state index contributed by atoms with van der Waals surface area (Å²) in [5.41, 5.74) is -0.0565. The Morgan fingerprint density at radius 3 is 1.47 bits per heavy atom. The molecule has 17 heavy (non-hydrogen) atoms. The Morgan fingerprint density at radius 1 is 0.882 bits per heavy atom. The predicted molar refractivity (Wildman–Crippen MR) is 63.5 cm³/mol. The molecule has 0 fully saturated rings. The first-order valence-corrected chi connectivity index (χ1v) is 5.88. The molecule has 0 unspecified atom stereocenters. The molecule has 104 valence electrons. The SMILES string of the molecule is CCC(C)(CC)[N+](C)(C)O[N+](OC)(OC)OC. The Kier molecular flexibility index (Phi) is 6.00. The van der Waals surface area contributed by atoms with E-state index in [2.05, 4.69) is 20.8 Å². The van der Waals surface area contributed by atoms with E-state index >= 15 is 0 Å². The van der Waals surface area contributed by atoms with E-state index in [4.69, 9.17) is 19.5 Å². The summed E-state index contributed by atoms with van der Waals surface area (Å²) in [6.45, 7) is 6.42. The average Bonchev–Trinajstić information content (AvgIpc) is 2.34. The molecular formula is C11H28N2O4+2. The maximum atomic E-state index is 5.83. The fourth-order valence-electron chi connectivity index (χ4n) is 1.68. The van der Waals surface area contributed by atoms with Crippen LogP contribution in [0.3, 0.4) is 0 Å². The predicted octanol–water partition coefficient (Wildman–Crippen LogP) is 1.99. The van der Waals surface area contributed by atoms with E-state index in [0.717, 1.165) is 12.8 Å². The van der Waals surface area contributed by atoms with Gasteiger partial charge >= 0.3 is 0 Å². The molecule has 0 aliphatic heterocycles. The highest BCUT2D eigenvalue weighted by Gasteiger charge is 2.52. The Morgan fingerprint density at radius 2 is 1.24 bits per heavy atom. The molecule has 6 heteroatoms. The zero-order chi connectivity index (χ0) is 13.7. The molecule has 0 saturated carbocycles. The van der Waals surface area contributed by atoms with Crippen molar-refractivity contribution in [2.24, 2.45) is 0 Å². The van der Waals surface area contributed by atoms with Crippen molar-refractivity contribution in [2.75, 3.05) is 35.4 Å². The summed E-state index contributed by atoms with van der Waals surface area (Å²) in [7, 11) is 8.29. The van der Waals surface area contributed by atoms with Gasteiger partial charge in [0.1, 0.15) is 45.9 Å². The summed E-state index contributed by atoms with van der Waals surface area (Å²) < 4.78 is 0.259. The standard InChI is InChI=1S/C11H28N2O4/c1-9-11(3,10-2)12(4,5)17-13(14-6,15-7)16-8/h9-10H2,1-8H3/q+2. The van der Waals surface area contributed by atoms with Crippen LogP contribution in [-0.4, -0.2) is 50.7 Å². The molecule has 0 aliphatic carbocycles. The lowest BCUT2D eigenvalue weighted by molar-refractivity contribution is -1.56. The van der Waals surface area contributed by atoms with Crippen molar-refractivity contribution in [1.29, 1.82) is 0 Å². The van der Waals surface area contributed by atoms with Crippen molar-refractivity contribution in [3.63, 3.8) is 0 Å². The molecule has 6 nitrogen and oxygen atoms in total. The summed E-state index contributed by atoms with van der Waals surface area (Å²) >= 11 is 0. The third-order valence-electron chi connectivity index (χ3n) is 3.80. The minimum absolute atomic E-state index is 0.0565. The number of hydrogen-bond acceptors (Lipinski definition) is 4. The zero-order valence-corrected chi connectivity index (χ0v) is 12.4. The molecule has 0 heterocycles. The first kappa shape index (κ1) is 16.8. The van der Waals surface area contributed by atoms with Crippen molar-refractivity contribution in [2.45, 2.75) is 39.2 Å². The second kappa shape index (κ2) is 6.08. The topological polar surface area (TPSA) is 36.9 Å². The number of rotatable bonds is 8. The van der Waals surface area contributed by atoms with E-state index in [1.54, 1.807) is 0 Å². The van der Waals surface area contributed by atoms with Gasteiger partial charge in [-0.15, -0.1) is 4.65 Å². The molecule has 0 amide bonds. The van der Waals surface area contributed by atoms with Crippen LogP contribution in [0, 0.1) is 0 Å². The van der Waals surface area contributed by atoms with Crippen molar-refractivity contribution < 1.29 is 29.2 Å². The van der Waals surface area contributed by atoms with Crippen LogP contribution >= 0.6 is 0 Å². The van der Waals surface area contributed by atoms with Gasteiger partial charge in [0.25, 0.3) is 5.14 Å². The molecule has 0 aliphatic rings. The van der Waals surface area contributed by atoms with E-state index in [1.807, 2.05) is 14.1 Å². The van der Waals surface area contributed by atoms with Gasteiger partial charge in [0.15, 0.2) is 0 Å². The zero-order valence-electron chi connectivity index (χ0n) is 12.4. The highest BCUT2D eigenvalue weighted by Crippen LogP contribution is 2.31. The number of hydrogen-bond donors (Lipinski definition) is 0. The van der Waals surface area contributed by atoms with E-state index in [-0.39, 0.29) is 10.2 Å². The van der Waals surface area contributed by atoms with Gasteiger partial charge < -0.3 is 0 Å². The summed E-state index contributed by atoms with van der Waals surface area (Å²) in [6.07, 6.45) is 1.93. The maximum absolute atomic E-state index is 5.83. The van der Waals surface area contributed by atoms with Gasteiger partial charge in [-0.2, -0.15) is 0 Å². The minimum Gasteiger partial charge on any atom is -0.117 e. The quantitative estimate of drug-likeness (QED) is 0.489. The van der Waals surface area contributed by atoms with Gasteiger partial charge in [-0.3, -0.25) is 0 Å². The average molecular weight is 252 g/mol. The van der Waals surface area contributed by atoms with Gasteiger partial charge in [-0.25, -0.2) is 0 Å². The lowest BCUT2D eigenvalue weighted by atomic mass is 9.94. The van der Waals surface area contributed by atoms with Crippen molar-refractivity contribution in [3.8, 4) is 0 Å². The van der Waals surface area contributed by atoms with Crippen molar-refractivity contribution in [1.82, 2.24) is 0 Å². The van der Waals surface area contributed by atoms with Crippen molar-refractivity contribution in [3.05, 3.63) is 0 Å². The van der Waals surface area contributed by atoms with E-state index in [1.165, 1.54) is 21.3 Å². The molecule has 0 aromatic rings. The summed E-state index contributed by atoms with van der Waals surface area (Å²) in [5.74, 6) is 0. The molecule has 0 saturated heterocycles. The minimum atomic E-state index is -0.761. The van der Waals surface area contributed by atoms with Crippen LogP contribution < -0.4 is 0 Å². The van der Waals surface area contributed by atoms with Crippen LogP contribution in [0.4, 0.5) is 0 Å². The molecule has 0 atom stereocenters. The Hall–Kier alpha value is -0.240. The third-order valence-corrected chi connectivity index (χ3v) is 3.80. The van der Waals surface area contributed by atoms with Gasteiger partial charge in [0, 0.05) is 12.8 Å². The molecule has 0 N–H and O–H groups in total. The van der Waals surface area contributed by atoms with Crippen LogP contribution in [0.5, 0.6) is 0 Å². The molecule has 0 bridgehead atoms. The van der Waals surface area contributed by atoms with Crippen LogP contribution in [0.15, 0.2) is 0 Å². The number of hydroxylamine groups is 3. The molecule has 0 aromatic heterocycles. The van der Waals surface area contributed by atoms with Crippen LogP contribution in [-0.2, 0) is 19.5 Å². The smallest absolute Gasteiger partial charge is 0.117 e. The fourth-order valence-corrected chi connectivity index (χ4v) is 1.68. The Bertz CT molecular complexity index is 217. The Labute approximate surface area is 105 Å². The lowest BCUT2D eigenvalue weighted by Gasteiger charge is -2.41. The van der Waals surface area contributed by atoms with Gasteiger partial charge in [0.05, 0.1) is 0 Å². The van der Waals surface area contributed by atoms with Gasteiger partial charge in [-0.1, -0.05) is 28.4 Å². The molecular weight excluding hydrogens is 224 g/mol. The molecule has 0 aromatic carbocycles. The summed E-state index contributed by atoms with van der Waals surface area (Å²) in [5, 5.41) is -0.761. The van der Waals surface area contributed by atoms with E-state index in [0.29, 0.717) is 0 Å². The normalized spacial score (nSPS) is 14.1. The van der Waals surface area contributed by atoms with Crippen molar-refractivity contribution >= 4 is 0 Å². The highest BCUT2D eigenvalue weighted by molar-refractivity contribution is 4.68. The van der Waals surface area contributed by atoms with E-state index in [9.17, 15) is 0 Å². The molecule has 0 spiro atoms. The second-order valence-electron chi connectivity index (χ2n) is 4.63. The summed E-state index contributed by atoms with van der Waals surface area (Å²) in [6, 6.07) is 0. The second-order valence-corrected chi connectivity index (χ2v) is 4.63. The highest BCUT2D eigenvalue weighted by atomic mass is 17.4. The number of nitrogens with zero attached hydrogens (tertiary/aromatic N) is 2. The molecule has 0 rings (SSSR count).